The number of rotatable bonds is 4. The Bertz CT molecular complexity index is 739. The van der Waals surface area contributed by atoms with Crippen LogP contribution in [0.15, 0.2) is 28.8 Å². The van der Waals surface area contributed by atoms with E-state index in [-0.39, 0.29) is 17.5 Å². The molecular weight excluding hydrogens is 290 g/mol. The minimum absolute atomic E-state index is 0.0238. The molecule has 1 aromatic carbocycles. The molecule has 0 radical (unpaired) electrons. The first-order valence-corrected chi connectivity index (χ1v) is 8.67. The molecule has 1 atom stereocenters. The van der Waals surface area contributed by atoms with Crippen LogP contribution < -0.4 is 5.32 Å². The molecule has 21 heavy (non-hydrogen) atoms. The topological polar surface area (TPSA) is 85.1 Å². The second kappa shape index (κ2) is 5.57. The number of benzene rings is 1. The molecule has 1 aliphatic heterocycles. The van der Waals surface area contributed by atoms with Crippen LogP contribution in [0.3, 0.4) is 0 Å². The van der Waals surface area contributed by atoms with Crippen molar-refractivity contribution in [3.8, 4) is 11.4 Å². The van der Waals surface area contributed by atoms with E-state index < -0.39 is 9.84 Å². The van der Waals surface area contributed by atoms with Gasteiger partial charge in [-0.3, -0.25) is 0 Å². The zero-order valence-electron chi connectivity index (χ0n) is 11.7. The molecule has 1 aromatic heterocycles. The van der Waals surface area contributed by atoms with Crippen molar-refractivity contribution < 1.29 is 12.9 Å². The van der Waals surface area contributed by atoms with E-state index in [0.29, 0.717) is 24.7 Å². The monoisotopic (exact) mass is 307 g/mol. The Morgan fingerprint density at radius 1 is 1.43 bits per heavy atom. The molecule has 7 heteroatoms. The zero-order chi connectivity index (χ0) is 14.9. The summed E-state index contributed by atoms with van der Waals surface area (Å²) in [5.74, 6) is 1.46. The molecule has 6 nitrogen and oxygen atoms in total. The summed E-state index contributed by atoms with van der Waals surface area (Å²) in [6.45, 7) is 2.39. The van der Waals surface area contributed by atoms with Gasteiger partial charge in [0, 0.05) is 11.6 Å². The lowest BCUT2D eigenvalue weighted by Gasteiger charge is -2.07. The first-order valence-electron chi connectivity index (χ1n) is 6.85. The van der Waals surface area contributed by atoms with Crippen molar-refractivity contribution in [1.29, 1.82) is 0 Å². The van der Waals surface area contributed by atoms with Gasteiger partial charge >= 0.3 is 0 Å². The molecule has 0 amide bonds. The minimum Gasteiger partial charge on any atom is -0.338 e. The van der Waals surface area contributed by atoms with Gasteiger partial charge in [0.1, 0.15) is 0 Å². The number of nitrogens with zero attached hydrogens (tertiary/aromatic N) is 2. The number of nitrogens with one attached hydrogen (secondary N) is 1. The molecular formula is C14H17N3O3S. The van der Waals surface area contributed by atoms with Gasteiger partial charge in [-0.05, 0) is 19.4 Å². The molecule has 1 saturated heterocycles. The second-order valence-electron chi connectivity index (χ2n) is 5.36. The molecule has 1 N–H and O–H groups in total. The lowest BCUT2D eigenvalue weighted by atomic mass is 10.1. The maximum absolute atomic E-state index is 11.4. The van der Waals surface area contributed by atoms with Gasteiger partial charge in [0.15, 0.2) is 9.84 Å². The SMILES string of the molecule is Cc1cccc(-c2noc(CNC3CCS(=O)(=O)C3)n2)c1. The van der Waals surface area contributed by atoms with Gasteiger partial charge in [-0.1, -0.05) is 28.9 Å². The van der Waals surface area contributed by atoms with Gasteiger partial charge < -0.3 is 9.84 Å². The molecule has 1 fully saturated rings. The van der Waals surface area contributed by atoms with E-state index in [9.17, 15) is 8.42 Å². The summed E-state index contributed by atoms with van der Waals surface area (Å²) in [7, 11) is -2.87. The summed E-state index contributed by atoms with van der Waals surface area (Å²) in [6.07, 6.45) is 0.640. The third-order valence-electron chi connectivity index (χ3n) is 3.52. The highest BCUT2D eigenvalue weighted by molar-refractivity contribution is 7.91. The van der Waals surface area contributed by atoms with Crippen molar-refractivity contribution in [2.45, 2.75) is 25.9 Å². The van der Waals surface area contributed by atoms with E-state index in [0.717, 1.165) is 11.1 Å². The Hall–Kier alpha value is -1.73. The summed E-state index contributed by atoms with van der Waals surface area (Å²) in [6, 6.07) is 7.85. The van der Waals surface area contributed by atoms with Gasteiger partial charge in [-0.15, -0.1) is 0 Å². The maximum Gasteiger partial charge on any atom is 0.240 e. The Morgan fingerprint density at radius 2 is 2.29 bits per heavy atom. The summed E-state index contributed by atoms with van der Waals surface area (Å²) in [5.41, 5.74) is 2.04. The smallest absolute Gasteiger partial charge is 0.240 e. The molecule has 2 aromatic rings. The predicted octanol–water partition coefficient (Wildman–Crippen LogP) is 1.32. The third kappa shape index (κ3) is 3.48. The van der Waals surface area contributed by atoms with Gasteiger partial charge in [-0.2, -0.15) is 4.98 Å². The Kier molecular flexibility index (Phi) is 3.77. The number of sulfone groups is 1. The first-order chi connectivity index (χ1) is 10.0. The van der Waals surface area contributed by atoms with E-state index in [4.69, 9.17) is 4.52 Å². The molecule has 3 rings (SSSR count). The average Bonchev–Trinajstić information content (AvgIpc) is 3.03. The van der Waals surface area contributed by atoms with E-state index >= 15 is 0 Å². The highest BCUT2D eigenvalue weighted by Gasteiger charge is 2.27. The van der Waals surface area contributed by atoms with E-state index in [1.165, 1.54) is 0 Å². The van der Waals surface area contributed by atoms with E-state index in [2.05, 4.69) is 15.5 Å². The number of aromatic nitrogens is 2. The van der Waals surface area contributed by atoms with Crippen LogP contribution in [0.5, 0.6) is 0 Å². The van der Waals surface area contributed by atoms with Gasteiger partial charge in [0.25, 0.3) is 0 Å². The highest BCUT2D eigenvalue weighted by atomic mass is 32.2. The van der Waals surface area contributed by atoms with Crippen LogP contribution in [0, 0.1) is 6.92 Å². The number of hydrogen-bond acceptors (Lipinski definition) is 6. The lowest BCUT2D eigenvalue weighted by molar-refractivity contribution is 0.360. The maximum atomic E-state index is 11.4. The van der Waals surface area contributed by atoms with Crippen LogP contribution >= 0.6 is 0 Å². The van der Waals surface area contributed by atoms with Crippen LogP contribution in [0.4, 0.5) is 0 Å². The molecule has 0 spiro atoms. The Balaban J connectivity index is 1.63. The minimum atomic E-state index is -2.87. The fourth-order valence-electron chi connectivity index (χ4n) is 2.42. The first kappa shape index (κ1) is 14.2. The van der Waals surface area contributed by atoms with Gasteiger partial charge in [0.2, 0.25) is 11.7 Å². The second-order valence-corrected chi connectivity index (χ2v) is 7.59. The van der Waals surface area contributed by atoms with Crippen LogP contribution in [0.1, 0.15) is 17.9 Å². The van der Waals surface area contributed by atoms with Crippen molar-refractivity contribution in [2.24, 2.45) is 0 Å². The average molecular weight is 307 g/mol. The summed E-state index contributed by atoms with van der Waals surface area (Å²) in [4.78, 5) is 4.33. The van der Waals surface area contributed by atoms with Gasteiger partial charge in [0.05, 0.1) is 18.1 Å². The number of aryl methyl sites for hydroxylation is 1. The van der Waals surface area contributed by atoms with Gasteiger partial charge in [-0.25, -0.2) is 8.42 Å². The van der Waals surface area contributed by atoms with Crippen molar-refractivity contribution in [3.05, 3.63) is 35.7 Å². The highest BCUT2D eigenvalue weighted by Crippen LogP contribution is 2.17. The molecule has 0 aliphatic carbocycles. The fraction of sp³-hybridized carbons (Fsp3) is 0.429. The Labute approximate surface area is 123 Å². The van der Waals surface area contributed by atoms with Crippen molar-refractivity contribution in [1.82, 2.24) is 15.5 Å². The quantitative estimate of drug-likeness (QED) is 0.917. The summed E-state index contributed by atoms with van der Waals surface area (Å²) in [5, 5.41) is 7.11. The zero-order valence-corrected chi connectivity index (χ0v) is 12.6. The van der Waals surface area contributed by atoms with Crippen LogP contribution in [-0.4, -0.2) is 36.1 Å². The van der Waals surface area contributed by atoms with Crippen molar-refractivity contribution in [2.75, 3.05) is 11.5 Å². The molecule has 0 bridgehead atoms. The molecule has 0 saturated carbocycles. The largest absolute Gasteiger partial charge is 0.338 e. The van der Waals surface area contributed by atoms with Crippen molar-refractivity contribution >= 4 is 9.84 Å². The predicted molar refractivity (Wildman–Crippen MR) is 78.4 cm³/mol. The lowest BCUT2D eigenvalue weighted by Crippen LogP contribution is -2.29. The van der Waals surface area contributed by atoms with Crippen molar-refractivity contribution in [3.63, 3.8) is 0 Å². The van der Waals surface area contributed by atoms with Crippen LogP contribution in [0.25, 0.3) is 11.4 Å². The van der Waals surface area contributed by atoms with E-state index in [1.54, 1.807) is 0 Å². The van der Waals surface area contributed by atoms with Crippen LogP contribution in [-0.2, 0) is 16.4 Å². The third-order valence-corrected chi connectivity index (χ3v) is 5.29. The standard InChI is InChI=1S/C14H17N3O3S/c1-10-3-2-4-11(7-10)14-16-13(20-17-14)8-15-12-5-6-21(18,19)9-12/h2-4,7,12,15H,5-6,8-9H2,1H3. The molecule has 1 aliphatic rings. The fourth-order valence-corrected chi connectivity index (χ4v) is 4.12. The summed E-state index contributed by atoms with van der Waals surface area (Å²) < 4.78 is 28.0. The number of hydrogen-bond donors (Lipinski definition) is 1. The van der Waals surface area contributed by atoms with E-state index in [1.807, 2.05) is 31.2 Å². The Morgan fingerprint density at radius 3 is 3.00 bits per heavy atom. The molecule has 112 valence electrons. The molecule has 1 unspecified atom stereocenters. The summed E-state index contributed by atoms with van der Waals surface area (Å²) >= 11 is 0. The normalized spacial score (nSPS) is 20.7. The van der Waals surface area contributed by atoms with Crippen LogP contribution in [0.2, 0.25) is 0 Å². The molecule has 2 heterocycles.